The fourth-order valence-electron chi connectivity index (χ4n) is 2.01. The molecule has 1 aromatic carbocycles. The molecule has 1 aromatic heterocycles. The molecule has 0 fully saturated rings. The molecule has 0 radical (unpaired) electrons. The Labute approximate surface area is 134 Å². The van der Waals surface area contributed by atoms with Crippen LogP contribution in [-0.2, 0) is 4.79 Å². The normalized spacial score (nSPS) is 12.3. The van der Waals surface area contributed by atoms with Gasteiger partial charge in [-0.05, 0) is 29.7 Å². The number of amides is 1. The predicted octanol–water partition coefficient (Wildman–Crippen LogP) is 2.99. The van der Waals surface area contributed by atoms with Crippen LogP contribution < -0.4 is 5.32 Å². The highest BCUT2D eigenvalue weighted by molar-refractivity contribution is 6.29. The first-order chi connectivity index (χ1) is 10.7. The highest BCUT2D eigenvalue weighted by atomic mass is 35.5. The van der Waals surface area contributed by atoms with Gasteiger partial charge in [-0.15, -0.1) is 0 Å². The smallest absolute Gasteiger partial charge is 0.244 e. The van der Waals surface area contributed by atoms with E-state index in [0.717, 1.165) is 11.1 Å². The van der Waals surface area contributed by atoms with Gasteiger partial charge in [-0.2, -0.15) is 0 Å². The van der Waals surface area contributed by atoms with E-state index >= 15 is 0 Å². The van der Waals surface area contributed by atoms with Crippen molar-refractivity contribution in [2.45, 2.75) is 12.5 Å². The van der Waals surface area contributed by atoms with Gasteiger partial charge in [0.15, 0.2) is 0 Å². The van der Waals surface area contributed by atoms with Gasteiger partial charge >= 0.3 is 0 Å². The summed E-state index contributed by atoms with van der Waals surface area (Å²) >= 11 is 5.71. The molecule has 1 heterocycles. The average molecular weight is 317 g/mol. The number of pyridine rings is 1. The summed E-state index contributed by atoms with van der Waals surface area (Å²) in [6.07, 6.45) is 5.17. The molecule has 0 aliphatic heterocycles. The zero-order valence-corrected chi connectivity index (χ0v) is 12.7. The summed E-state index contributed by atoms with van der Waals surface area (Å²) in [6.45, 7) is 0.00462. The molecule has 2 rings (SSSR count). The first kappa shape index (κ1) is 16.2. The summed E-state index contributed by atoms with van der Waals surface area (Å²) in [7, 11) is 0. The number of nitrogens with zero attached hydrogens (tertiary/aromatic N) is 1. The van der Waals surface area contributed by atoms with Gasteiger partial charge < -0.3 is 10.4 Å². The van der Waals surface area contributed by atoms with Crippen molar-refractivity contribution >= 4 is 23.6 Å². The van der Waals surface area contributed by atoms with Crippen LogP contribution >= 0.6 is 11.6 Å². The van der Waals surface area contributed by atoms with Gasteiger partial charge in [0.1, 0.15) is 5.15 Å². The van der Waals surface area contributed by atoms with Crippen LogP contribution in [-0.4, -0.2) is 22.6 Å². The van der Waals surface area contributed by atoms with E-state index in [1.54, 1.807) is 24.4 Å². The SMILES string of the molecule is O=C(/C=C/c1ccc(Cl)nc1)NC(CCO)c1ccccc1. The lowest BCUT2D eigenvalue weighted by atomic mass is 10.0. The first-order valence-electron chi connectivity index (χ1n) is 6.95. The van der Waals surface area contributed by atoms with E-state index in [-0.39, 0.29) is 18.6 Å². The zero-order valence-electron chi connectivity index (χ0n) is 11.9. The van der Waals surface area contributed by atoms with Crippen molar-refractivity contribution in [2.24, 2.45) is 0 Å². The molecule has 0 aliphatic rings. The molecule has 0 spiro atoms. The summed E-state index contributed by atoms with van der Waals surface area (Å²) < 4.78 is 0. The van der Waals surface area contributed by atoms with Crippen molar-refractivity contribution < 1.29 is 9.90 Å². The van der Waals surface area contributed by atoms with Crippen LogP contribution in [0.2, 0.25) is 5.15 Å². The van der Waals surface area contributed by atoms with Crippen molar-refractivity contribution in [3.63, 3.8) is 0 Å². The third-order valence-electron chi connectivity index (χ3n) is 3.11. The van der Waals surface area contributed by atoms with E-state index in [4.69, 9.17) is 16.7 Å². The fourth-order valence-corrected chi connectivity index (χ4v) is 2.13. The van der Waals surface area contributed by atoms with E-state index < -0.39 is 0 Å². The maximum Gasteiger partial charge on any atom is 0.244 e. The molecule has 114 valence electrons. The van der Waals surface area contributed by atoms with Crippen molar-refractivity contribution in [1.29, 1.82) is 0 Å². The number of carbonyl (C=O) groups is 1. The molecule has 22 heavy (non-hydrogen) atoms. The molecule has 2 aromatic rings. The van der Waals surface area contributed by atoms with E-state index in [1.165, 1.54) is 6.08 Å². The Balaban J connectivity index is 2.00. The molecule has 1 amide bonds. The van der Waals surface area contributed by atoms with Crippen molar-refractivity contribution in [3.05, 3.63) is 71.0 Å². The number of benzene rings is 1. The van der Waals surface area contributed by atoms with Crippen LogP contribution in [0.25, 0.3) is 6.08 Å². The molecular formula is C17H17ClN2O2. The minimum Gasteiger partial charge on any atom is -0.396 e. The Bertz CT molecular complexity index is 627. The quantitative estimate of drug-likeness (QED) is 0.636. The maximum absolute atomic E-state index is 12.0. The molecule has 5 heteroatoms. The number of hydrogen-bond acceptors (Lipinski definition) is 3. The zero-order chi connectivity index (χ0) is 15.8. The Morgan fingerprint density at radius 1 is 1.27 bits per heavy atom. The Kier molecular flexibility index (Phi) is 6.13. The standard InChI is InChI=1S/C17H17ClN2O2/c18-16-8-6-13(12-19-16)7-9-17(22)20-15(10-11-21)14-4-2-1-3-5-14/h1-9,12,15,21H,10-11H2,(H,20,22)/b9-7+. The summed E-state index contributed by atoms with van der Waals surface area (Å²) in [5, 5.41) is 12.4. The minimum atomic E-state index is -0.225. The molecule has 0 aliphatic carbocycles. The van der Waals surface area contributed by atoms with E-state index in [1.807, 2.05) is 30.3 Å². The van der Waals surface area contributed by atoms with Crippen LogP contribution in [0.1, 0.15) is 23.6 Å². The number of carbonyl (C=O) groups excluding carboxylic acids is 1. The van der Waals surface area contributed by atoms with Crippen LogP contribution in [0.5, 0.6) is 0 Å². The molecule has 2 N–H and O–H groups in total. The first-order valence-corrected chi connectivity index (χ1v) is 7.33. The number of rotatable bonds is 6. The lowest BCUT2D eigenvalue weighted by molar-refractivity contribution is -0.117. The van der Waals surface area contributed by atoms with Gasteiger partial charge in [-0.25, -0.2) is 4.98 Å². The van der Waals surface area contributed by atoms with Crippen LogP contribution in [0.15, 0.2) is 54.7 Å². The molecule has 1 unspecified atom stereocenters. The van der Waals surface area contributed by atoms with Gasteiger partial charge in [0.25, 0.3) is 0 Å². The van der Waals surface area contributed by atoms with Crippen molar-refractivity contribution in [1.82, 2.24) is 10.3 Å². The third-order valence-corrected chi connectivity index (χ3v) is 3.34. The van der Waals surface area contributed by atoms with Gasteiger partial charge in [-0.1, -0.05) is 48.0 Å². The van der Waals surface area contributed by atoms with E-state index in [2.05, 4.69) is 10.3 Å². The molecule has 1 atom stereocenters. The Morgan fingerprint density at radius 3 is 2.68 bits per heavy atom. The highest BCUT2D eigenvalue weighted by Gasteiger charge is 2.12. The van der Waals surface area contributed by atoms with Crippen molar-refractivity contribution in [2.75, 3.05) is 6.61 Å². The van der Waals surface area contributed by atoms with Crippen LogP contribution in [0.4, 0.5) is 0 Å². The number of aliphatic hydroxyl groups excluding tert-OH is 1. The summed E-state index contributed by atoms with van der Waals surface area (Å²) in [5.41, 5.74) is 1.75. The number of aliphatic hydroxyl groups is 1. The van der Waals surface area contributed by atoms with Gasteiger partial charge in [-0.3, -0.25) is 4.79 Å². The second-order valence-electron chi connectivity index (χ2n) is 4.73. The second-order valence-corrected chi connectivity index (χ2v) is 5.12. The number of aromatic nitrogens is 1. The second kappa shape index (κ2) is 8.32. The predicted molar refractivity (Wildman–Crippen MR) is 87.3 cm³/mol. The fraction of sp³-hybridized carbons (Fsp3) is 0.176. The topological polar surface area (TPSA) is 62.2 Å². The monoisotopic (exact) mass is 316 g/mol. The third kappa shape index (κ3) is 4.98. The average Bonchev–Trinajstić information content (AvgIpc) is 2.55. The minimum absolute atomic E-state index is 0.00462. The Morgan fingerprint density at radius 2 is 2.05 bits per heavy atom. The lowest BCUT2D eigenvalue weighted by Crippen LogP contribution is -2.27. The molecule has 0 saturated heterocycles. The number of nitrogens with one attached hydrogen (secondary N) is 1. The van der Waals surface area contributed by atoms with Gasteiger partial charge in [0.05, 0.1) is 6.04 Å². The van der Waals surface area contributed by atoms with Crippen LogP contribution in [0, 0.1) is 0 Å². The summed E-state index contributed by atoms with van der Waals surface area (Å²) in [6, 6.07) is 12.8. The van der Waals surface area contributed by atoms with Crippen LogP contribution in [0.3, 0.4) is 0 Å². The largest absolute Gasteiger partial charge is 0.396 e. The Hall–Kier alpha value is -2.17. The number of halogens is 1. The lowest BCUT2D eigenvalue weighted by Gasteiger charge is -2.17. The summed E-state index contributed by atoms with van der Waals surface area (Å²) in [5.74, 6) is -0.225. The van der Waals surface area contributed by atoms with Gasteiger partial charge in [0, 0.05) is 18.9 Å². The molecule has 0 bridgehead atoms. The summed E-state index contributed by atoms with van der Waals surface area (Å²) in [4.78, 5) is 16.0. The number of hydrogen-bond donors (Lipinski definition) is 2. The highest BCUT2D eigenvalue weighted by Crippen LogP contribution is 2.16. The molecule has 0 saturated carbocycles. The molecule has 4 nitrogen and oxygen atoms in total. The molecular weight excluding hydrogens is 300 g/mol. The van der Waals surface area contributed by atoms with Crippen molar-refractivity contribution in [3.8, 4) is 0 Å². The maximum atomic E-state index is 12.0. The van der Waals surface area contributed by atoms with Gasteiger partial charge in [0.2, 0.25) is 5.91 Å². The van der Waals surface area contributed by atoms with E-state index in [0.29, 0.717) is 11.6 Å². The van der Waals surface area contributed by atoms with E-state index in [9.17, 15) is 4.79 Å².